The molecule has 2 atom stereocenters. The summed E-state index contributed by atoms with van der Waals surface area (Å²) in [5.74, 6) is 2.00. The van der Waals surface area contributed by atoms with Crippen LogP contribution in [0.15, 0.2) is 47.1 Å². The summed E-state index contributed by atoms with van der Waals surface area (Å²) in [5, 5.41) is 4.58. The minimum Gasteiger partial charge on any atom is -0.437 e. The molecule has 3 aromatic rings. The van der Waals surface area contributed by atoms with Gasteiger partial charge in [0, 0.05) is 37.5 Å². The van der Waals surface area contributed by atoms with Crippen LogP contribution in [-0.4, -0.2) is 35.4 Å². The third kappa shape index (κ3) is 3.95. The third-order valence-corrected chi connectivity index (χ3v) is 4.69. The molecule has 1 aromatic carbocycles. The van der Waals surface area contributed by atoms with Crippen LogP contribution in [0, 0.1) is 5.92 Å². The summed E-state index contributed by atoms with van der Waals surface area (Å²) in [6, 6.07) is 10.7. The monoisotopic (exact) mass is 387 g/mol. The van der Waals surface area contributed by atoms with Crippen LogP contribution in [0.25, 0.3) is 11.4 Å². The fourth-order valence-corrected chi connectivity index (χ4v) is 3.17. The van der Waals surface area contributed by atoms with Crippen molar-refractivity contribution in [3.05, 3.63) is 53.5 Å². The first-order valence-electron chi connectivity index (χ1n) is 8.57. The zero-order valence-electron chi connectivity index (χ0n) is 14.7. The fourth-order valence-electron chi connectivity index (χ4n) is 3.00. The van der Waals surface area contributed by atoms with Crippen LogP contribution in [-0.2, 0) is 9.47 Å². The molecule has 2 unspecified atom stereocenters. The SMILES string of the molecule is COC(c1nc(-c2ccnc(Oc3ccccc3Cl)c2)no1)C1CCOC1. The van der Waals surface area contributed by atoms with E-state index in [4.69, 9.17) is 30.3 Å². The van der Waals surface area contributed by atoms with Crippen LogP contribution in [0.4, 0.5) is 0 Å². The Kier molecular flexibility index (Phi) is 5.33. The summed E-state index contributed by atoms with van der Waals surface area (Å²) in [7, 11) is 1.63. The van der Waals surface area contributed by atoms with Gasteiger partial charge in [0.1, 0.15) is 11.9 Å². The van der Waals surface area contributed by atoms with Crippen LogP contribution in [0.2, 0.25) is 5.02 Å². The average Bonchev–Trinajstić information content (AvgIpc) is 3.38. The molecule has 8 heteroatoms. The van der Waals surface area contributed by atoms with E-state index in [-0.39, 0.29) is 12.0 Å². The van der Waals surface area contributed by atoms with Gasteiger partial charge < -0.3 is 18.7 Å². The van der Waals surface area contributed by atoms with Crippen LogP contribution in [0.5, 0.6) is 11.6 Å². The number of benzene rings is 1. The summed E-state index contributed by atoms with van der Waals surface area (Å²) >= 11 is 6.13. The lowest BCUT2D eigenvalue weighted by Gasteiger charge is -2.16. The molecule has 4 rings (SSSR count). The summed E-state index contributed by atoms with van der Waals surface area (Å²) in [5.41, 5.74) is 0.722. The predicted molar refractivity (Wildman–Crippen MR) is 97.7 cm³/mol. The van der Waals surface area contributed by atoms with E-state index in [1.165, 1.54) is 0 Å². The summed E-state index contributed by atoms with van der Waals surface area (Å²) in [4.78, 5) is 8.71. The maximum Gasteiger partial charge on any atom is 0.256 e. The second kappa shape index (κ2) is 8.04. The molecule has 0 N–H and O–H groups in total. The Morgan fingerprint density at radius 2 is 2.15 bits per heavy atom. The summed E-state index contributed by atoms with van der Waals surface area (Å²) in [6.07, 6.45) is 2.24. The number of methoxy groups -OCH3 is 1. The maximum atomic E-state index is 6.13. The molecule has 0 aliphatic carbocycles. The minimum atomic E-state index is -0.283. The average molecular weight is 388 g/mol. The second-order valence-electron chi connectivity index (χ2n) is 6.15. The number of pyridine rings is 1. The van der Waals surface area contributed by atoms with Crippen molar-refractivity contribution in [1.82, 2.24) is 15.1 Å². The van der Waals surface area contributed by atoms with Gasteiger partial charge in [-0.2, -0.15) is 4.98 Å². The molecule has 2 aromatic heterocycles. The summed E-state index contributed by atoms with van der Waals surface area (Å²) < 4.78 is 22.2. The maximum absolute atomic E-state index is 6.13. The van der Waals surface area contributed by atoms with Crippen molar-refractivity contribution in [3.63, 3.8) is 0 Å². The summed E-state index contributed by atoms with van der Waals surface area (Å²) in [6.45, 7) is 1.35. The van der Waals surface area contributed by atoms with E-state index < -0.39 is 0 Å². The van der Waals surface area contributed by atoms with Crippen molar-refractivity contribution in [3.8, 4) is 23.0 Å². The van der Waals surface area contributed by atoms with E-state index in [2.05, 4.69) is 15.1 Å². The van der Waals surface area contributed by atoms with Gasteiger partial charge in [0.25, 0.3) is 5.89 Å². The standard InChI is InChI=1S/C19H18ClN3O4/c1-24-17(13-7-9-25-11-13)19-22-18(23-27-19)12-6-8-21-16(10-12)26-15-5-3-2-4-14(15)20/h2-6,8,10,13,17H,7,9,11H2,1H3. The largest absolute Gasteiger partial charge is 0.437 e. The number of nitrogens with zero attached hydrogens (tertiary/aromatic N) is 3. The van der Waals surface area contributed by atoms with Crippen molar-refractivity contribution in [2.24, 2.45) is 5.92 Å². The molecule has 27 heavy (non-hydrogen) atoms. The first kappa shape index (κ1) is 17.9. The van der Waals surface area contributed by atoms with Crippen molar-refractivity contribution >= 4 is 11.6 Å². The van der Waals surface area contributed by atoms with Crippen LogP contribution < -0.4 is 4.74 Å². The zero-order chi connectivity index (χ0) is 18.6. The van der Waals surface area contributed by atoms with Crippen molar-refractivity contribution in [2.75, 3.05) is 20.3 Å². The number of rotatable bonds is 6. The van der Waals surface area contributed by atoms with Crippen molar-refractivity contribution in [2.45, 2.75) is 12.5 Å². The topological polar surface area (TPSA) is 79.5 Å². The molecule has 1 aliphatic rings. The van der Waals surface area contributed by atoms with Gasteiger partial charge in [-0.3, -0.25) is 0 Å². The van der Waals surface area contributed by atoms with Gasteiger partial charge in [-0.05, 0) is 24.6 Å². The molecule has 1 fully saturated rings. The van der Waals surface area contributed by atoms with Crippen LogP contribution in [0.3, 0.4) is 0 Å². The fraction of sp³-hybridized carbons (Fsp3) is 0.316. The number of ether oxygens (including phenoxy) is 3. The smallest absolute Gasteiger partial charge is 0.256 e. The third-order valence-electron chi connectivity index (χ3n) is 4.38. The van der Waals surface area contributed by atoms with Gasteiger partial charge in [-0.15, -0.1) is 0 Å². The van der Waals surface area contributed by atoms with Gasteiger partial charge in [0.15, 0.2) is 0 Å². The Bertz CT molecular complexity index is 911. The minimum absolute atomic E-state index is 0.208. The van der Waals surface area contributed by atoms with E-state index in [0.717, 1.165) is 18.6 Å². The Balaban J connectivity index is 1.55. The lowest BCUT2D eigenvalue weighted by molar-refractivity contribution is 0.0210. The van der Waals surface area contributed by atoms with Gasteiger partial charge in [-0.25, -0.2) is 4.98 Å². The lowest BCUT2D eigenvalue weighted by Crippen LogP contribution is -2.15. The van der Waals surface area contributed by atoms with E-state index in [1.807, 2.05) is 12.1 Å². The van der Waals surface area contributed by atoms with E-state index >= 15 is 0 Å². The normalized spacial score (nSPS) is 17.8. The molecule has 0 radical (unpaired) electrons. The molecule has 3 heterocycles. The number of hydrogen-bond acceptors (Lipinski definition) is 7. The van der Waals surface area contributed by atoms with Gasteiger partial charge in [0.05, 0.1) is 11.6 Å². The molecular formula is C19H18ClN3O4. The highest BCUT2D eigenvalue weighted by atomic mass is 35.5. The molecule has 0 saturated carbocycles. The van der Waals surface area contributed by atoms with Crippen molar-refractivity contribution < 1.29 is 18.7 Å². The highest BCUT2D eigenvalue weighted by Crippen LogP contribution is 2.33. The predicted octanol–water partition coefficient (Wildman–Crippen LogP) is 4.30. The van der Waals surface area contributed by atoms with Crippen LogP contribution >= 0.6 is 11.6 Å². The first-order valence-corrected chi connectivity index (χ1v) is 8.95. The molecule has 0 amide bonds. The quantitative estimate of drug-likeness (QED) is 0.623. The Labute approximate surface area is 161 Å². The number of halogens is 1. The number of hydrogen-bond donors (Lipinski definition) is 0. The molecule has 7 nitrogen and oxygen atoms in total. The Hall–Kier alpha value is -2.48. The Morgan fingerprint density at radius 3 is 2.93 bits per heavy atom. The lowest BCUT2D eigenvalue weighted by atomic mass is 10.0. The van der Waals surface area contributed by atoms with E-state index in [1.54, 1.807) is 37.6 Å². The molecule has 1 aliphatic heterocycles. The molecule has 1 saturated heterocycles. The molecule has 0 bridgehead atoms. The van der Waals surface area contributed by atoms with Gasteiger partial charge >= 0.3 is 0 Å². The van der Waals surface area contributed by atoms with E-state index in [9.17, 15) is 0 Å². The molecular weight excluding hydrogens is 370 g/mol. The molecule has 0 spiro atoms. The Morgan fingerprint density at radius 1 is 1.26 bits per heavy atom. The van der Waals surface area contributed by atoms with Gasteiger partial charge in [0.2, 0.25) is 11.7 Å². The highest BCUT2D eigenvalue weighted by Gasteiger charge is 2.31. The highest BCUT2D eigenvalue weighted by molar-refractivity contribution is 6.32. The zero-order valence-corrected chi connectivity index (χ0v) is 15.4. The first-order chi connectivity index (χ1) is 13.2. The van der Waals surface area contributed by atoms with Gasteiger partial charge in [-0.1, -0.05) is 28.9 Å². The van der Waals surface area contributed by atoms with Crippen LogP contribution in [0.1, 0.15) is 18.4 Å². The number of aromatic nitrogens is 3. The number of para-hydroxylation sites is 1. The van der Waals surface area contributed by atoms with Crippen molar-refractivity contribution in [1.29, 1.82) is 0 Å². The van der Waals surface area contributed by atoms with E-state index in [0.29, 0.717) is 35.0 Å². The second-order valence-corrected chi connectivity index (χ2v) is 6.56. The molecule has 140 valence electrons.